The average Bonchev–Trinajstić information content (AvgIpc) is 2.98. The number of carbonyl (C=O) groups is 2. The SMILES string of the molecule is CS(=O)(=O)N(CC(=O)N(Cc1cccc(Cl)c1)[C@@H](Cc1ccccc1)C(=O)NC1CCCCC1)c1cc(C(F)(F)F)ccc1Cl. The molecule has 0 bridgehead atoms. The third-order valence-corrected chi connectivity index (χ3v) is 9.37. The smallest absolute Gasteiger partial charge is 0.352 e. The minimum Gasteiger partial charge on any atom is -0.352 e. The normalized spacial score (nSPS) is 14.9. The van der Waals surface area contributed by atoms with Crippen LogP contribution in [0.25, 0.3) is 0 Å². The molecule has 0 saturated heterocycles. The highest BCUT2D eigenvalue weighted by Gasteiger charge is 2.36. The van der Waals surface area contributed by atoms with Crippen LogP contribution in [0.15, 0.2) is 72.8 Å². The van der Waals surface area contributed by atoms with Crippen molar-refractivity contribution in [2.75, 3.05) is 17.1 Å². The standard InChI is InChI=1S/C32H34Cl2F3N3O4S/c1-45(43,44)40(28-19-24(32(35,36)37)15-16-27(28)34)21-30(41)39(20-23-11-8-12-25(33)17-23)29(18-22-9-4-2-5-10-22)31(42)38-26-13-6-3-7-14-26/h2,4-5,8-12,15-17,19,26,29H,3,6-7,13-14,18,20-21H2,1H3,(H,38,42)/t29-/m0/s1. The van der Waals surface area contributed by atoms with Crippen LogP contribution in [-0.2, 0) is 38.8 Å². The molecule has 1 saturated carbocycles. The van der Waals surface area contributed by atoms with Gasteiger partial charge in [0.1, 0.15) is 12.6 Å². The van der Waals surface area contributed by atoms with Crippen LogP contribution in [0.2, 0.25) is 10.0 Å². The maximum absolute atomic E-state index is 14.2. The monoisotopic (exact) mass is 683 g/mol. The van der Waals surface area contributed by atoms with Crippen molar-refractivity contribution in [2.45, 2.75) is 63.3 Å². The van der Waals surface area contributed by atoms with Crippen molar-refractivity contribution < 1.29 is 31.2 Å². The first kappa shape index (κ1) is 34.6. The summed E-state index contributed by atoms with van der Waals surface area (Å²) >= 11 is 12.4. The fourth-order valence-corrected chi connectivity index (χ4v) is 6.74. The van der Waals surface area contributed by atoms with Crippen LogP contribution >= 0.6 is 23.2 Å². The van der Waals surface area contributed by atoms with Crippen molar-refractivity contribution in [3.8, 4) is 0 Å². The van der Waals surface area contributed by atoms with Crippen LogP contribution in [0.1, 0.15) is 48.8 Å². The molecule has 0 aromatic heterocycles. The molecule has 0 spiro atoms. The van der Waals surface area contributed by atoms with Gasteiger partial charge in [-0.15, -0.1) is 0 Å². The van der Waals surface area contributed by atoms with Gasteiger partial charge in [0.15, 0.2) is 0 Å². The molecule has 242 valence electrons. The number of amides is 2. The van der Waals surface area contributed by atoms with Crippen molar-refractivity contribution in [2.24, 2.45) is 0 Å². The number of benzene rings is 3. The van der Waals surface area contributed by atoms with E-state index in [0.29, 0.717) is 21.0 Å². The first-order valence-electron chi connectivity index (χ1n) is 14.4. The quantitative estimate of drug-likeness (QED) is 0.239. The van der Waals surface area contributed by atoms with Gasteiger partial charge < -0.3 is 10.2 Å². The van der Waals surface area contributed by atoms with E-state index in [4.69, 9.17) is 23.2 Å². The number of nitrogens with zero attached hydrogens (tertiary/aromatic N) is 2. The van der Waals surface area contributed by atoms with Crippen LogP contribution in [0.5, 0.6) is 0 Å². The second kappa shape index (κ2) is 14.9. The first-order chi connectivity index (χ1) is 21.2. The van der Waals surface area contributed by atoms with E-state index in [9.17, 15) is 31.2 Å². The van der Waals surface area contributed by atoms with Crippen molar-refractivity contribution in [3.05, 3.63) is 99.5 Å². The lowest BCUT2D eigenvalue weighted by atomic mass is 9.94. The third kappa shape index (κ3) is 9.61. The Balaban J connectivity index is 1.77. The van der Waals surface area contributed by atoms with Crippen molar-refractivity contribution in [3.63, 3.8) is 0 Å². The van der Waals surface area contributed by atoms with E-state index in [-0.39, 0.29) is 24.0 Å². The van der Waals surface area contributed by atoms with Gasteiger partial charge >= 0.3 is 6.18 Å². The first-order valence-corrected chi connectivity index (χ1v) is 17.1. The molecule has 0 radical (unpaired) electrons. The number of anilines is 1. The molecule has 4 rings (SSSR count). The second-order valence-electron chi connectivity index (χ2n) is 11.1. The van der Waals surface area contributed by atoms with Gasteiger partial charge in [-0.2, -0.15) is 13.2 Å². The lowest BCUT2D eigenvalue weighted by molar-refractivity contribution is -0.140. The predicted molar refractivity (Wildman–Crippen MR) is 170 cm³/mol. The molecule has 1 atom stereocenters. The summed E-state index contributed by atoms with van der Waals surface area (Å²) in [5, 5.41) is 3.18. The molecule has 1 aliphatic carbocycles. The highest BCUT2D eigenvalue weighted by Crippen LogP contribution is 2.36. The van der Waals surface area contributed by atoms with Gasteiger partial charge in [-0.05, 0) is 54.3 Å². The molecule has 1 aliphatic rings. The molecule has 0 heterocycles. The van der Waals surface area contributed by atoms with Gasteiger partial charge in [0.25, 0.3) is 0 Å². The lowest BCUT2D eigenvalue weighted by Crippen LogP contribution is -2.55. The largest absolute Gasteiger partial charge is 0.416 e. The topological polar surface area (TPSA) is 86.8 Å². The number of nitrogens with one attached hydrogen (secondary N) is 1. The Morgan fingerprint density at radius 3 is 2.22 bits per heavy atom. The van der Waals surface area contributed by atoms with Crippen LogP contribution in [0, 0.1) is 0 Å². The van der Waals surface area contributed by atoms with E-state index in [1.54, 1.807) is 36.4 Å². The van der Waals surface area contributed by atoms with Gasteiger partial charge in [0.2, 0.25) is 21.8 Å². The molecule has 13 heteroatoms. The molecule has 0 aliphatic heterocycles. The zero-order chi connectivity index (χ0) is 32.8. The van der Waals surface area contributed by atoms with Crippen LogP contribution in [-0.4, -0.2) is 50.0 Å². The summed E-state index contributed by atoms with van der Waals surface area (Å²) in [6.07, 6.45) is 0.664. The fraction of sp³-hybridized carbons (Fsp3) is 0.375. The minimum absolute atomic E-state index is 0.0796. The summed E-state index contributed by atoms with van der Waals surface area (Å²) in [6.45, 7) is -1.02. The highest BCUT2D eigenvalue weighted by molar-refractivity contribution is 7.92. The van der Waals surface area contributed by atoms with Gasteiger partial charge in [-0.25, -0.2) is 8.42 Å². The Kier molecular flexibility index (Phi) is 11.4. The second-order valence-corrected chi connectivity index (χ2v) is 13.9. The number of rotatable bonds is 11. The molecule has 3 aromatic rings. The number of hydrogen-bond donors (Lipinski definition) is 1. The molecular formula is C32H34Cl2F3N3O4S. The van der Waals surface area contributed by atoms with E-state index in [2.05, 4.69) is 5.32 Å². The summed E-state index contributed by atoms with van der Waals surface area (Å²) < 4.78 is 67.2. The predicted octanol–water partition coefficient (Wildman–Crippen LogP) is 6.87. The number of alkyl halides is 3. The summed E-state index contributed by atoms with van der Waals surface area (Å²) in [6, 6.07) is 16.8. The van der Waals surface area contributed by atoms with E-state index in [1.165, 1.54) is 4.90 Å². The zero-order valence-corrected chi connectivity index (χ0v) is 26.9. The molecule has 2 amide bonds. The van der Waals surface area contributed by atoms with Crippen molar-refractivity contribution in [1.29, 1.82) is 0 Å². The average molecular weight is 685 g/mol. The highest BCUT2D eigenvalue weighted by atomic mass is 35.5. The van der Waals surface area contributed by atoms with Crippen molar-refractivity contribution in [1.82, 2.24) is 10.2 Å². The minimum atomic E-state index is -4.79. The maximum Gasteiger partial charge on any atom is 0.416 e. The Bertz CT molecular complexity index is 1600. The fourth-order valence-electron chi connectivity index (χ4n) is 5.41. The number of sulfonamides is 1. The van der Waals surface area contributed by atoms with Gasteiger partial charge in [-0.3, -0.25) is 13.9 Å². The Labute approximate surface area is 271 Å². The molecule has 0 unspecified atom stereocenters. The lowest BCUT2D eigenvalue weighted by Gasteiger charge is -2.35. The molecule has 3 aromatic carbocycles. The summed E-state index contributed by atoms with van der Waals surface area (Å²) in [5.41, 5.74) is -0.308. The zero-order valence-electron chi connectivity index (χ0n) is 24.6. The van der Waals surface area contributed by atoms with E-state index in [1.807, 2.05) is 18.2 Å². The molecule has 45 heavy (non-hydrogen) atoms. The van der Waals surface area contributed by atoms with Gasteiger partial charge in [0.05, 0.1) is 22.5 Å². The number of halogens is 5. The summed E-state index contributed by atoms with van der Waals surface area (Å²) in [5.74, 6) is -1.22. The third-order valence-electron chi connectivity index (χ3n) is 7.69. The molecule has 1 fully saturated rings. The molecule has 1 N–H and O–H groups in total. The molecular weight excluding hydrogens is 650 g/mol. The Morgan fingerprint density at radius 1 is 0.933 bits per heavy atom. The van der Waals surface area contributed by atoms with Crippen LogP contribution in [0.4, 0.5) is 18.9 Å². The Morgan fingerprint density at radius 2 is 1.60 bits per heavy atom. The number of carbonyl (C=O) groups excluding carboxylic acids is 2. The summed E-state index contributed by atoms with van der Waals surface area (Å²) in [4.78, 5) is 29.5. The van der Waals surface area contributed by atoms with E-state index in [0.717, 1.165) is 56.1 Å². The van der Waals surface area contributed by atoms with Crippen molar-refractivity contribution >= 4 is 50.7 Å². The van der Waals surface area contributed by atoms with Gasteiger partial charge in [0, 0.05) is 24.0 Å². The maximum atomic E-state index is 14.2. The van der Waals surface area contributed by atoms with E-state index < -0.39 is 51.9 Å². The summed E-state index contributed by atoms with van der Waals surface area (Å²) in [7, 11) is -4.33. The van der Waals surface area contributed by atoms with E-state index >= 15 is 0 Å². The van der Waals surface area contributed by atoms with Gasteiger partial charge in [-0.1, -0.05) is 84.9 Å². The Hall–Kier alpha value is -3.28. The van der Waals surface area contributed by atoms with Crippen LogP contribution < -0.4 is 9.62 Å². The number of hydrogen-bond acceptors (Lipinski definition) is 4. The molecule has 7 nitrogen and oxygen atoms in total. The van der Waals surface area contributed by atoms with Crippen LogP contribution in [0.3, 0.4) is 0 Å².